The first kappa shape index (κ1) is 21.0. The lowest BCUT2D eigenvalue weighted by molar-refractivity contribution is -0.127. The highest BCUT2D eigenvalue weighted by atomic mass is 32.2. The maximum atomic E-state index is 13.8. The van der Waals surface area contributed by atoms with E-state index in [0.29, 0.717) is 12.8 Å². The number of piperidine rings is 1. The normalized spacial score (nSPS) is 20.5. The summed E-state index contributed by atoms with van der Waals surface area (Å²) < 4.78 is 40.6. The van der Waals surface area contributed by atoms with Crippen LogP contribution < -0.4 is 5.32 Å². The molecule has 1 aliphatic carbocycles. The van der Waals surface area contributed by atoms with Crippen LogP contribution in [0.4, 0.5) is 4.39 Å². The van der Waals surface area contributed by atoms with Crippen molar-refractivity contribution in [2.24, 2.45) is 5.92 Å². The number of halogens is 1. The lowest BCUT2D eigenvalue weighted by Crippen LogP contribution is -2.44. The van der Waals surface area contributed by atoms with Gasteiger partial charge in [0.2, 0.25) is 15.9 Å². The van der Waals surface area contributed by atoms with Crippen molar-refractivity contribution in [1.29, 1.82) is 0 Å². The maximum absolute atomic E-state index is 13.8. The molecule has 0 radical (unpaired) electrons. The molecule has 1 amide bonds. The monoisotopic (exact) mass is 430 g/mol. The first-order valence-corrected chi connectivity index (χ1v) is 12.1. The molecule has 0 saturated carbocycles. The van der Waals surface area contributed by atoms with Crippen molar-refractivity contribution >= 4 is 15.9 Å². The number of hydrogen-bond acceptors (Lipinski definition) is 3. The van der Waals surface area contributed by atoms with Crippen LogP contribution in [0.3, 0.4) is 0 Å². The Balaban J connectivity index is 1.34. The Bertz CT molecular complexity index is 1020. The lowest BCUT2D eigenvalue weighted by Gasteiger charge is -2.32. The number of carbonyl (C=O) groups excluding carboxylic acids is 1. The van der Waals surface area contributed by atoms with E-state index in [0.717, 1.165) is 19.3 Å². The molecule has 0 unspecified atom stereocenters. The van der Waals surface area contributed by atoms with Gasteiger partial charge < -0.3 is 5.32 Å². The van der Waals surface area contributed by atoms with E-state index in [1.54, 1.807) is 12.1 Å². The maximum Gasteiger partial charge on any atom is 0.223 e. The highest BCUT2D eigenvalue weighted by Gasteiger charge is 2.33. The summed E-state index contributed by atoms with van der Waals surface area (Å²) in [6, 6.07) is 14.2. The molecule has 1 N–H and O–H groups in total. The minimum atomic E-state index is -3.61. The standard InChI is InChI=1S/C23H27FN2O3S/c24-21-10-4-2-7-19(21)16-30(28,29)26-14-12-18(13-15-26)23(27)25-22-11-5-8-17-6-1-3-9-20(17)22/h1-4,6-7,9-10,18,22H,5,8,11-16H2,(H,25,27)/t22-/m1/s1. The van der Waals surface area contributed by atoms with Gasteiger partial charge in [0, 0.05) is 24.6 Å². The Kier molecular flexibility index (Phi) is 6.20. The van der Waals surface area contributed by atoms with Crippen LogP contribution in [0.25, 0.3) is 0 Å². The van der Waals surface area contributed by atoms with Gasteiger partial charge in [-0.1, -0.05) is 42.5 Å². The molecule has 0 spiro atoms. The number of nitrogens with one attached hydrogen (secondary N) is 1. The minimum absolute atomic E-state index is 0.00264. The van der Waals surface area contributed by atoms with Crippen LogP contribution >= 0.6 is 0 Å². The SMILES string of the molecule is O=C(N[C@@H]1CCCc2ccccc21)C1CCN(S(=O)(=O)Cc2ccccc2F)CC1. The van der Waals surface area contributed by atoms with E-state index in [1.165, 1.54) is 27.6 Å². The van der Waals surface area contributed by atoms with E-state index >= 15 is 0 Å². The second kappa shape index (κ2) is 8.86. The molecule has 1 fully saturated rings. The van der Waals surface area contributed by atoms with Gasteiger partial charge in [-0.05, 0) is 49.3 Å². The molecule has 2 aliphatic rings. The summed E-state index contributed by atoms with van der Waals surface area (Å²) in [6.45, 7) is 0.576. The van der Waals surface area contributed by atoms with Crippen LogP contribution in [0.5, 0.6) is 0 Å². The molecular formula is C23H27FN2O3S. The number of hydrogen-bond donors (Lipinski definition) is 1. The van der Waals surface area contributed by atoms with Crippen molar-refractivity contribution in [2.75, 3.05) is 13.1 Å². The molecule has 1 aliphatic heterocycles. The van der Waals surface area contributed by atoms with E-state index in [-0.39, 0.29) is 42.3 Å². The number of nitrogens with zero attached hydrogens (tertiary/aromatic N) is 1. The van der Waals surface area contributed by atoms with Crippen molar-refractivity contribution < 1.29 is 17.6 Å². The van der Waals surface area contributed by atoms with Gasteiger partial charge in [-0.2, -0.15) is 0 Å². The largest absolute Gasteiger partial charge is 0.349 e. The fourth-order valence-corrected chi connectivity index (χ4v) is 6.07. The summed E-state index contributed by atoms with van der Waals surface area (Å²) in [5, 5.41) is 3.19. The van der Waals surface area contributed by atoms with Gasteiger partial charge in [0.1, 0.15) is 5.82 Å². The van der Waals surface area contributed by atoms with E-state index in [4.69, 9.17) is 0 Å². The van der Waals surface area contributed by atoms with Crippen molar-refractivity contribution in [1.82, 2.24) is 9.62 Å². The summed E-state index contributed by atoms with van der Waals surface area (Å²) >= 11 is 0. The third-order valence-corrected chi connectivity index (χ3v) is 8.03. The Morgan fingerprint density at radius 3 is 2.50 bits per heavy atom. The van der Waals surface area contributed by atoms with Gasteiger partial charge in [-0.25, -0.2) is 17.1 Å². The third-order valence-electron chi connectivity index (χ3n) is 6.20. The number of benzene rings is 2. The van der Waals surface area contributed by atoms with Gasteiger partial charge in [-0.3, -0.25) is 4.79 Å². The number of sulfonamides is 1. The highest BCUT2D eigenvalue weighted by molar-refractivity contribution is 7.88. The Hall–Kier alpha value is -2.25. The number of fused-ring (bicyclic) bond motifs is 1. The summed E-state index contributed by atoms with van der Waals surface area (Å²) in [6.07, 6.45) is 3.99. The lowest BCUT2D eigenvalue weighted by atomic mass is 9.87. The Morgan fingerprint density at radius 1 is 1.03 bits per heavy atom. The van der Waals surface area contributed by atoms with Gasteiger partial charge in [0.25, 0.3) is 0 Å². The van der Waals surface area contributed by atoms with Crippen LogP contribution in [0.2, 0.25) is 0 Å². The fraction of sp³-hybridized carbons (Fsp3) is 0.435. The zero-order valence-electron chi connectivity index (χ0n) is 16.9. The molecule has 2 aromatic carbocycles. The molecule has 5 nitrogen and oxygen atoms in total. The molecule has 0 bridgehead atoms. The summed E-state index contributed by atoms with van der Waals surface area (Å²) in [4.78, 5) is 12.8. The molecule has 2 aromatic rings. The topological polar surface area (TPSA) is 66.5 Å². The minimum Gasteiger partial charge on any atom is -0.349 e. The van der Waals surface area contributed by atoms with E-state index in [2.05, 4.69) is 17.4 Å². The highest BCUT2D eigenvalue weighted by Crippen LogP contribution is 2.30. The average molecular weight is 431 g/mol. The smallest absolute Gasteiger partial charge is 0.223 e. The van der Waals surface area contributed by atoms with Crippen molar-refractivity contribution in [3.63, 3.8) is 0 Å². The Labute approximate surface area is 177 Å². The molecule has 1 heterocycles. The third kappa shape index (κ3) is 4.57. The summed E-state index contributed by atoms with van der Waals surface area (Å²) in [5.74, 6) is -1.06. The van der Waals surface area contributed by atoms with Crippen LogP contribution in [0, 0.1) is 11.7 Å². The first-order valence-electron chi connectivity index (χ1n) is 10.5. The number of amides is 1. The molecule has 1 atom stereocenters. The van der Waals surface area contributed by atoms with E-state index in [9.17, 15) is 17.6 Å². The van der Waals surface area contributed by atoms with Gasteiger partial charge in [-0.15, -0.1) is 0 Å². The molecular weight excluding hydrogens is 403 g/mol. The second-order valence-corrected chi connectivity index (χ2v) is 10.1. The summed E-state index contributed by atoms with van der Waals surface area (Å²) in [7, 11) is -3.61. The number of aryl methyl sites for hydroxylation is 1. The number of rotatable bonds is 5. The molecule has 0 aromatic heterocycles. The molecule has 1 saturated heterocycles. The fourth-order valence-electron chi connectivity index (χ4n) is 4.49. The van der Waals surface area contributed by atoms with E-state index in [1.807, 2.05) is 12.1 Å². The second-order valence-electron chi connectivity index (χ2n) is 8.17. The van der Waals surface area contributed by atoms with Crippen LogP contribution in [0.1, 0.15) is 48.4 Å². The van der Waals surface area contributed by atoms with Crippen molar-refractivity contribution in [3.05, 3.63) is 71.0 Å². The Morgan fingerprint density at radius 2 is 1.73 bits per heavy atom. The van der Waals surface area contributed by atoms with E-state index < -0.39 is 15.8 Å². The molecule has 30 heavy (non-hydrogen) atoms. The van der Waals surface area contributed by atoms with Gasteiger partial charge in [0.15, 0.2) is 0 Å². The number of carbonyl (C=O) groups is 1. The quantitative estimate of drug-likeness (QED) is 0.789. The zero-order valence-corrected chi connectivity index (χ0v) is 17.7. The molecule has 4 rings (SSSR count). The first-order chi connectivity index (χ1) is 14.4. The van der Waals surface area contributed by atoms with Gasteiger partial charge in [0.05, 0.1) is 11.8 Å². The van der Waals surface area contributed by atoms with Gasteiger partial charge >= 0.3 is 0 Å². The molecule has 7 heteroatoms. The average Bonchev–Trinajstić information content (AvgIpc) is 2.75. The van der Waals surface area contributed by atoms with Crippen molar-refractivity contribution in [2.45, 2.75) is 43.9 Å². The zero-order chi connectivity index (χ0) is 21.1. The summed E-state index contributed by atoms with van der Waals surface area (Å²) in [5.41, 5.74) is 2.67. The molecule has 160 valence electrons. The van der Waals surface area contributed by atoms with Crippen molar-refractivity contribution in [3.8, 4) is 0 Å². The predicted octanol–water partition coefficient (Wildman–Crippen LogP) is 3.56. The van der Waals surface area contributed by atoms with Crippen LogP contribution in [-0.2, 0) is 27.0 Å². The van der Waals surface area contributed by atoms with Crippen LogP contribution in [-0.4, -0.2) is 31.7 Å². The van der Waals surface area contributed by atoms with Crippen LogP contribution in [0.15, 0.2) is 48.5 Å². The predicted molar refractivity (Wildman–Crippen MR) is 114 cm³/mol.